The van der Waals surface area contributed by atoms with Gasteiger partial charge in [0.1, 0.15) is 6.04 Å². The van der Waals surface area contributed by atoms with Crippen LogP contribution in [-0.2, 0) is 11.8 Å². The zero-order valence-electron chi connectivity index (χ0n) is 18.3. The van der Waals surface area contributed by atoms with Gasteiger partial charge in [0.05, 0.1) is 6.04 Å². The smallest absolute Gasteiger partial charge is 0.320 e. The Balaban J connectivity index is 1.43. The van der Waals surface area contributed by atoms with Crippen LogP contribution in [0.5, 0.6) is 0 Å². The zero-order valence-corrected chi connectivity index (χ0v) is 19.9. The monoisotopic (exact) mass is 483 g/mol. The molecule has 0 radical (unpaired) electrons. The van der Waals surface area contributed by atoms with Crippen LogP contribution in [-0.4, -0.2) is 40.5 Å². The fourth-order valence-corrected chi connectivity index (χ4v) is 4.70. The first-order valence-electron chi connectivity index (χ1n) is 10.8. The van der Waals surface area contributed by atoms with E-state index in [1.165, 1.54) is 0 Å². The number of piperidine rings is 1. The average Bonchev–Trinajstić information content (AvgIpc) is 3.24. The summed E-state index contributed by atoms with van der Waals surface area (Å²) in [6.07, 6.45) is 3.58. The summed E-state index contributed by atoms with van der Waals surface area (Å²) in [5.41, 5.74) is 1.34. The number of amides is 3. The Morgan fingerprint density at radius 1 is 1.09 bits per heavy atom. The molecule has 1 saturated heterocycles. The van der Waals surface area contributed by atoms with Gasteiger partial charge in [0.25, 0.3) is 0 Å². The second-order valence-electron chi connectivity index (χ2n) is 7.93. The summed E-state index contributed by atoms with van der Waals surface area (Å²) < 4.78 is 2.01. The molecule has 1 aromatic heterocycles. The molecule has 3 amide bonds. The largest absolute Gasteiger partial charge is 0.340 e. The van der Waals surface area contributed by atoms with Crippen LogP contribution in [0.2, 0.25) is 5.02 Å². The summed E-state index contributed by atoms with van der Waals surface area (Å²) in [5, 5.41) is 8.22. The number of aromatic nitrogens is 1. The number of nitrogens with zero attached hydrogens (tertiary/aromatic N) is 3. The topological polar surface area (TPSA) is 78.7 Å². The van der Waals surface area contributed by atoms with E-state index in [1.807, 2.05) is 58.4 Å². The number of benzene rings is 2. The summed E-state index contributed by atoms with van der Waals surface area (Å²) >= 11 is 7.53. The van der Waals surface area contributed by atoms with Crippen LogP contribution in [0.4, 0.5) is 10.5 Å². The molecule has 2 N–H and O–H groups in total. The molecular formula is C24H26ClN5O2S. The number of thiazole rings is 1. The Labute approximate surface area is 201 Å². The number of halogens is 1. The fourth-order valence-electron chi connectivity index (χ4n) is 3.77. The molecule has 0 bridgehead atoms. The quantitative estimate of drug-likeness (QED) is 0.570. The van der Waals surface area contributed by atoms with E-state index in [0.29, 0.717) is 23.8 Å². The first kappa shape index (κ1) is 23.1. The normalized spacial score (nSPS) is 15.8. The number of hydrogen-bond acceptors (Lipinski definition) is 4. The second-order valence-corrected chi connectivity index (χ2v) is 9.24. The number of anilines is 1. The third-order valence-electron chi connectivity index (χ3n) is 5.59. The van der Waals surface area contributed by atoms with E-state index in [1.54, 1.807) is 35.6 Å². The Hall–Kier alpha value is -3.10. The van der Waals surface area contributed by atoms with Gasteiger partial charge in [0.15, 0.2) is 4.80 Å². The van der Waals surface area contributed by atoms with Crippen LogP contribution in [0.25, 0.3) is 0 Å². The Morgan fingerprint density at radius 2 is 1.79 bits per heavy atom. The van der Waals surface area contributed by atoms with E-state index in [4.69, 9.17) is 16.6 Å². The van der Waals surface area contributed by atoms with Gasteiger partial charge in [-0.1, -0.05) is 41.9 Å². The number of rotatable bonds is 5. The van der Waals surface area contributed by atoms with Crippen molar-refractivity contribution < 1.29 is 9.59 Å². The lowest BCUT2D eigenvalue weighted by atomic mass is 10.0. The van der Waals surface area contributed by atoms with Crippen LogP contribution >= 0.6 is 22.9 Å². The van der Waals surface area contributed by atoms with Gasteiger partial charge in [-0.25, -0.2) is 4.79 Å². The average molecular weight is 484 g/mol. The summed E-state index contributed by atoms with van der Waals surface area (Å²) in [6.45, 7) is 1.21. The molecule has 7 nitrogen and oxygen atoms in total. The molecular weight excluding hydrogens is 458 g/mol. The highest BCUT2D eigenvalue weighted by Crippen LogP contribution is 2.21. The standard InChI is InChI=1S/C24H26ClN5O2S/c1-29-15-16-33-24(29)27-20-11-13-30(14-12-20)22(31)21(17-5-3-2-4-6-17)28-23(32)26-19-9-7-18(25)8-10-19/h2-10,15-16,20-21H,11-14H2,1H3,(H2,26,28,32)/b27-24-/t21-/m1/s1. The zero-order chi connectivity index (χ0) is 23.2. The molecule has 1 atom stereocenters. The molecule has 1 aliphatic heterocycles. The third kappa shape index (κ3) is 6.03. The molecule has 0 saturated carbocycles. The SMILES string of the molecule is Cn1ccs/c1=N\C1CCN(C(=O)[C@H](NC(=O)Nc2ccc(Cl)cc2)c2ccccc2)CC1. The van der Waals surface area contributed by atoms with Crippen LogP contribution in [0.15, 0.2) is 71.2 Å². The van der Waals surface area contributed by atoms with Gasteiger partial charge in [0, 0.05) is 42.4 Å². The first-order chi connectivity index (χ1) is 16.0. The highest BCUT2D eigenvalue weighted by Gasteiger charge is 2.30. The van der Waals surface area contributed by atoms with Crippen LogP contribution < -0.4 is 15.4 Å². The minimum absolute atomic E-state index is 0.118. The maximum atomic E-state index is 13.4. The molecule has 0 aliphatic carbocycles. The number of likely N-dealkylation sites (tertiary alicyclic amines) is 1. The fraction of sp³-hybridized carbons (Fsp3) is 0.292. The molecule has 33 heavy (non-hydrogen) atoms. The van der Waals surface area contributed by atoms with E-state index >= 15 is 0 Å². The van der Waals surface area contributed by atoms with Crippen molar-refractivity contribution in [1.29, 1.82) is 0 Å². The van der Waals surface area contributed by atoms with E-state index in [0.717, 1.165) is 23.2 Å². The van der Waals surface area contributed by atoms with Gasteiger partial charge < -0.3 is 20.1 Å². The van der Waals surface area contributed by atoms with Gasteiger partial charge in [-0.3, -0.25) is 9.79 Å². The molecule has 172 valence electrons. The number of nitrogens with one attached hydrogen (secondary N) is 2. The third-order valence-corrected chi connectivity index (χ3v) is 6.70. The molecule has 0 spiro atoms. The van der Waals surface area contributed by atoms with Crippen molar-refractivity contribution in [2.45, 2.75) is 24.9 Å². The van der Waals surface area contributed by atoms with Crippen LogP contribution in [0.3, 0.4) is 0 Å². The van der Waals surface area contributed by atoms with Crippen molar-refractivity contribution in [2.75, 3.05) is 18.4 Å². The van der Waals surface area contributed by atoms with Crippen molar-refractivity contribution in [3.63, 3.8) is 0 Å². The molecule has 1 fully saturated rings. The van der Waals surface area contributed by atoms with E-state index in [-0.39, 0.29) is 11.9 Å². The molecule has 9 heteroatoms. The maximum Gasteiger partial charge on any atom is 0.320 e. The lowest BCUT2D eigenvalue weighted by Gasteiger charge is -2.33. The predicted molar refractivity (Wildman–Crippen MR) is 131 cm³/mol. The van der Waals surface area contributed by atoms with Gasteiger partial charge >= 0.3 is 6.03 Å². The summed E-state index contributed by atoms with van der Waals surface area (Å²) in [5.74, 6) is -0.118. The van der Waals surface area contributed by atoms with Gasteiger partial charge in [-0.15, -0.1) is 11.3 Å². The maximum absolute atomic E-state index is 13.4. The van der Waals surface area contributed by atoms with E-state index < -0.39 is 12.1 Å². The summed E-state index contributed by atoms with van der Waals surface area (Å²) in [7, 11) is 1.99. The lowest BCUT2D eigenvalue weighted by Crippen LogP contribution is -2.47. The van der Waals surface area contributed by atoms with Crippen molar-refractivity contribution >= 4 is 40.6 Å². The summed E-state index contributed by atoms with van der Waals surface area (Å²) in [4.78, 5) is 33.8. The second kappa shape index (κ2) is 10.7. The number of carbonyl (C=O) groups is 2. The molecule has 1 aliphatic rings. The van der Waals surface area contributed by atoms with Crippen molar-refractivity contribution in [2.24, 2.45) is 12.0 Å². The van der Waals surface area contributed by atoms with Gasteiger partial charge in [0.2, 0.25) is 5.91 Å². The number of hydrogen-bond donors (Lipinski definition) is 2. The van der Waals surface area contributed by atoms with Crippen LogP contribution in [0, 0.1) is 0 Å². The minimum atomic E-state index is -0.776. The predicted octanol–water partition coefficient (Wildman–Crippen LogP) is 4.19. The van der Waals surface area contributed by atoms with Gasteiger partial charge in [-0.2, -0.15) is 0 Å². The van der Waals surface area contributed by atoms with E-state index in [2.05, 4.69) is 10.6 Å². The highest BCUT2D eigenvalue weighted by molar-refractivity contribution is 7.07. The Kier molecular flexibility index (Phi) is 7.47. The molecule has 4 rings (SSSR count). The Bertz CT molecular complexity index is 1150. The summed E-state index contributed by atoms with van der Waals surface area (Å²) in [6, 6.07) is 15.1. The van der Waals surface area contributed by atoms with Gasteiger partial charge in [-0.05, 0) is 42.7 Å². The molecule has 2 aromatic carbocycles. The van der Waals surface area contributed by atoms with Crippen LogP contribution in [0.1, 0.15) is 24.4 Å². The van der Waals surface area contributed by atoms with Crippen molar-refractivity contribution in [3.8, 4) is 0 Å². The molecule has 0 unspecified atom stereocenters. The number of urea groups is 1. The van der Waals surface area contributed by atoms with Crippen molar-refractivity contribution in [3.05, 3.63) is 81.6 Å². The number of aryl methyl sites for hydroxylation is 1. The molecule has 2 heterocycles. The Morgan fingerprint density at radius 3 is 2.42 bits per heavy atom. The minimum Gasteiger partial charge on any atom is -0.340 e. The molecule has 3 aromatic rings. The van der Waals surface area contributed by atoms with E-state index in [9.17, 15) is 9.59 Å². The number of carbonyl (C=O) groups excluding carboxylic acids is 2. The van der Waals surface area contributed by atoms with Crippen molar-refractivity contribution in [1.82, 2.24) is 14.8 Å². The lowest BCUT2D eigenvalue weighted by molar-refractivity contribution is -0.134. The highest BCUT2D eigenvalue weighted by atomic mass is 35.5. The first-order valence-corrected chi connectivity index (χ1v) is 12.1.